The summed E-state index contributed by atoms with van der Waals surface area (Å²) in [5.41, 5.74) is 0.841. The van der Waals surface area contributed by atoms with Crippen LogP contribution in [0.15, 0.2) is 85.0 Å². The summed E-state index contributed by atoms with van der Waals surface area (Å²) in [6, 6.07) is 17.5. The molecule has 1 fully saturated rings. The zero-order valence-electron chi connectivity index (χ0n) is 26.8. The van der Waals surface area contributed by atoms with Gasteiger partial charge >= 0.3 is 23.9 Å². The first-order chi connectivity index (χ1) is 22.3. The van der Waals surface area contributed by atoms with Gasteiger partial charge in [0.25, 0.3) is 0 Å². The summed E-state index contributed by atoms with van der Waals surface area (Å²) in [4.78, 5) is 49.4. The number of esters is 4. The van der Waals surface area contributed by atoms with E-state index in [4.69, 9.17) is 18.9 Å². The maximum atomic E-state index is 13.1. The average molecular weight is 635 g/mol. The van der Waals surface area contributed by atoms with Gasteiger partial charge < -0.3 is 24.1 Å². The Hall–Kier alpha value is -4.24. The largest absolute Gasteiger partial charge is 0.469 e. The molecule has 9 nitrogen and oxygen atoms in total. The van der Waals surface area contributed by atoms with E-state index >= 15 is 0 Å². The molecule has 0 heterocycles. The molecule has 1 aliphatic carbocycles. The van der Waals surface area contributed by atoms with Gasteiger partial charge in [0.15, 0.2) is 0 Å². The van der Waals surface area contributed by atoms with E-state index < -0.39 is 30.3 Å². The SMILES string of the molecule is CCOC(=O)CCCCC(O)/C=C/[C@@H]1[C@@H](C/C=C\CCCC(=O)OC)[C@@H](OC(=O)c2ccccc2)C[C@H]1OC(=O)c1ccccc1. The van der Waals surface area contributed by atoms with Crippen molar-refractivity contribution in [1.29, 1.82) is 0 Å². The van der Waals surface area contributed by atoms with Crippen LogP contribution in [-0.2, 0) is 28.5 Å². The predicted molar refractivity (Wildman–Crippen MR) is 173 cm³/mol. The number of aliphatic hydroxyl groups excluding tert-OH is 1. The summed E-state index contributed by atoms with van der Waals surface area (Å²) in [6.45, 7) is 2.11. The van der Waals surface area contributed by atoms with Gasteiger partial charge in [-0.3, -0.25) is 9.59 Å². The Labute approximate surface area is 271 Å². The molecule has 0 saturated heterocycles. The molecule has 1 saturated carbocycles. The molecule has 1 unspecified atom stereocenters. The Morgan fingerprint density at radius 3 is 2.04 bits per heavy atom. The van der Waals surface area contributed by atoms with Gasteiger partial charge in [0.2, 0.25) is 0 Å². The number of hydrogen-bond donors (Lipinski definition) is 1. The van der Waals surface area contributed by atoms with Crippen molar-refractivity contribution in [2.24, 2.45) is 11.8 Å². The smallest absolute Gasteiger partial charge is 0.338 e. The van der Waals surface area contributed by atoms with Crippen LogP contribution >= 0.6 is 0 Å². The normalized spacial score (nSPS) is 20.0. The molecule has 3 rings (SSSR count). The van der Waals surface area contributed by atoms with Crippen LogP contribution in [0.5, 0.6) is 0 Å². The summed E-state index contributed by atoms with van der Waals surface area (Å²) in [6.07, 6.45) is 10.1. The van der Waals surface area contributed by atoms with E-state index in [0.29, 0.717) is 75.5 Å². The zero-order valence-corrected chi connectivity index (χ0v) is 26.8. The van der Waals surface area contributed by atoms with E-state index in [1.165, 1.54) is 7.11 Å². The van der Waals surface area contributed by atoms with Gasteiger partial charge in [-0.2, -0.15) is 0 Å². The molecule has 248 valence electrons. The zero-order chi connectivity index (χ0) is 33.1. The topological polar surface area (TPSA) is 125 Å². The van der Waals surface area contributed by atoms with Crippen molar-refractivity contribution >= 4 is 23.9 Å². The quantitative estimate of drug-likeness (QED) is 0.0858. The Morgan fingerprint density at radius 2 is 1.43 bits per heavy atom. The Bertz CT molecular complexity index is 1290. The van der Waals surface area contributed by atoms with Gasteiger partial charge in [-0.05, 0) is 69.7 Å². The molecule has 5 atom stereocenters. The highest BCUT2D eigenvalue weighted by Gasteiger charge is 2.45. The lowest BCUT2D eigenvalue weighted by atomic mass is 9.89. The molecule has 0 aromatic heterocycles. The number of benzene rings is 2. The molecule has 0 radical (unpaired) electrons. The third kappa shape index (κ3) is 12.3. The fourth-order valence-electron chi connectivity index (χ4n) is 5.53. The summed E-state index contributed by atoms with van der Waals surface area (Å²) in [7, 11) is 1.37. The fraction of sp³-hybridized carbons (Fsp3) is 0.459. The highest BCUT2D eigenvalue weighted by atomic mass is 16.6. The Balaban J connectivity index is 1.79. The van der Waals surface area contributed by atoms with Gasteiger partial charge in [-0.25, -0.2) is 9.59 Å². The second-order valence-corrected chi connectivity index (χ2v) is 11.3. The summed E-state index contributed by atoms with van der Waals surface area (Å²) < 4.78 is 21.8. The fourth-order valence-corrected chi connectivity index (χ4v) is 5.53. The lowest BCUT2D eigenvalue weighted by Gasteiger charge is -2.24. The lowest BCUT2D eigenvalue weighted by molar-refractivity contribution is -0.143. The molecule has 0 spiro atoms. The summed E-state index contributed by atoms with van der Waals surface area (Å²) in [5.74, 6) is -2.04. The van der Waals surface area contributed by atoms with E-state index in [1.807, 2.05) is 30.4 Å². The van der Waals surface area contributed by atoms with Crippen LogP contribution in [0, 0.1) is 11.8 Å². The van der Waals surface area contributed by atoms with Crippen LogP contribution in [0.3, 0.4) is 0 Å². The first-order valence-electron chi connectivity index (χ1n) is 16.1. The Morgan fingerprint density at radius 1 is 0.826 bits per heavy atom. The van der Waals surface area contributed by atoms with Crippen molar-refractivity contribution in [2.45, 2.75) is 83.0 Å². The number of carbonyl (C=O) groups is 4. The van der Waals surface area contributed by atoms with Crippen molar-refractivity contribution < 1.29 is 43.2 Å². The highest BCUT2D eigenvalue weighted by molar-refractivity contribution is 5.90. The van der Waals surface area contributed by atoms with Gasteiger partial charge in [0.1, 0.15) is 12.2 Å². The molecule has 1 aliphatic rings. The van der Waals surface area contributed by atoms with Gasteiger partial charge in [0.05, 0.1) is 30.9 Å². The molecule has 2 aromatic rings. The number of unbranched alkanes of at least 4 members (excludes halogenated alkanes) is 2. The molecule has 46 heavy (non-hydrogen) atoms. The van der Waals surface area contributed by atoms with Crippen molar-refractivity contribution in [1.82, 2.24) is 0 Å². The number of aliphatic hydroxyl groups is 1. The minimum atomic E-state index is -0.770. The lowest BCUT2D eigenvalue weighted by Crippen LogP contribution is -2.26. The van der Waals surface area contributed by atoms with Crippen LogP contribution in [0.25, 0.3) is 0 Å². The monoisotopic (exact) mass is 634 g/mol. The molecular weight excluding hydrogens is 588 g/mol. The van der Waals surface area contributed by atoms with Crippen LogP contribution in [0.1, 0.15) is 85.4 Å². The number of carbonyl (C=O) groups excluding carboxylic acids is 4. The standard InChI is InChI=1S/C37H46O9/c1-3-44-35(40)23-15-14-20-29(38)24-25-31-30(21-12-4-5-13-22-34(39)43-2)32(45-36(41)27-16-8-6-9-17-27)26-33(31)46-37(42)28-18-10-7-11-19-28/h4,6-12,16-19,24-25,29-33,38H,3,5,13-15,20-23,26H2,1-2H3/b12-4-,25-24+/t29?,30-,31-,32+,33-/m1/s1. The van der Waals surface area contributed by atoms with E-state index in [0.717, 1.165) is 0 Å². The first kappa shape index (κ1) is 36.2. The third-order valence-corrected chi connectivity index (χ3v) is 7.95. The third-order valence-electron chi connectivity index (χ3n) is 7.95. The average Bonchev–Trinajstić information content (AvgIpc) is 3.38. The summed E-state index contributed by atoms with van der Waals surface area (Å²) >= 11 is 0. The van der Waals surface area contributed by atoms with Crippen LogP contribution in [0.4, 0.5) is 0 Å². The van der Waals surface area contributed by atoms with Crippen LogP contribution < -0.4 is 0 Å². The maximum absolute atomic E-state index is 13.1. The molecule has 0 aliphatic heterocycles. The second kappa shape index (κ2) is 20.0. The maximum Gasteiger partial charge on any atom is 0.338 e. The number of methoxy groups -OCH3 is 1. The first-order valence-corrected chi connectivity index (χ1v) is 16.1. The van der Waals surface area contributed by atoms with Gasteiger partial charge in [0, 0.05) is 31.1 Å². The van der Waals surface area contributed by atoms with Gasteiger partial charge in [-0.15, -0.1) is 0 Å². The Kier molecular flexibility index (Phi) is 15.8. The van der Waals surface area contributed by atoms with Crippen molar-refractivity contribution in [2.75, 3.05) is 13.7 Å². The predicted octanol–water partition coefficient (Wildman–Crippen LogP) is 6.40. The van der Waals surface area contributed by atoms with E-state index in [-0.39, 0.29) is 23.8 Å². The van der Waals surface area contributed by atoms with E-state index in [1.54, 1.807) is 61.5 Å². The van der Waals surface area contributed by atoms with Gasteiger partial charge in [-0.1, -0.05) is 60.7 Å². The number of rotatable bonds is 18. The molecule has 9 heteroatoms. The second-order valence-electron chi connectivity index (χ2n) is 11.3. The van der Waals surface area contributed by atoms with Crippen LogP contribution in [0.2, 0.25) is 0 Å². The molecule has 0 amide bonds. The number of allylic oxidation sites excluding steroid dienone is 2. The molecule has 0 bridgehead atoms. The minimum Gasteiger partial charge on any atom is -0.469 e. The van der Waals surface area contributed by atoms with Crippen LogP contribution in [-0.4, -0.2) is 61.0 Å². The summed E-state index contributed by atoms with van der Waals surface area (Å²) in [5, 5.41) is 10.8. The molecule has 2 aromatic carbocycles. The highest BCUT2D eigenvalue weighted by Crippen LogP contribution is 2.41. The number of ether oxygens (including phenoxy) is 4. The van der Waals surface area contributed by atoms with Crippen molar-refractivity contribution in [3.8, 4) is 0 Å². The van der Waals surface area contributed by atoms with E-state index in [2.05, 4.69) is 0 Å². The van der Waals surface area contributed by atoms with Crippen molar-refractivity contribution in [3.05, 3.63) is 96.1 Å². The van der Waals surface area contributed by atoms with E-state index in [9.17, 15) is 24.3 Å². The minimum absolute atomic E-state index is 0.245. The molecule has 1 N–H and O–H groups in total. The number of hydrogen-bond acceptors (Lipinski definition) is 9. The van der Waals surface area contributed by atoms with Crippen molar-refractivity contribution in [3.63, 3.8) is 0 Å². The molecular formula is C37H46O9.